The van der Waals surface area contributed by atoms with E-state index in [1.54, 1.807) is 11.0 Å². The highest BCUT2D eigenvalue weighted by molar-refractivity contribution is 5.98. The Balaban J connectivity index is 1.68. The first-order valence-corrected chi connectivity index (χ1v) is 11.3. The third-order valence-corrected chi connectivity index (χ3v) is 5.77. The van der Waals surface area contributed by atoms with E-state index in [4.69, 9.17) is 10.5 Å². The van der Waals surface area contributed by atoms with Gasteiger partial charge in [-0.05, 0) is 44.4 Å². The van der Waals surface area contributed by atoms with E-state index in [0.29, 0.717) is 36.1 Å². The number of benzene rings is 1. The number of nitrogens with one attached hydrogen (secondary N) is 4. The highest BCUT2D eigenvalue weighted by Crippen LogP contribution is 2.27. The number of likely N-dealkylation sites (tertiary alicyclic amines) is 1. The molecule has 3 aromatic rings. The summed E-state index contributed by atoms with van der Waals surface area (Å²) < 4.78 is 4.70. The number of ether oxygens (including phenoxy) is 1. The highest BCUT2D eigenvalue weighted by Gasteiger charge is 2.31. The summed E-state index contributed by atoms with van der Waals surface area (Å²) in [7, 11) is 1.30. The van der Waals surface area contributed by atoms with Gasteiger partial charge in [0.2, 0.25) is 0 Å². The summed E-state index contributed by atoms with van der Waals surface area (Å²) in [6, 6.07) is 7.19. The molecular formula is C23H29N9O3. The van der Waals surface area contributed by atoms with Gasteiger partial charge in [0.1, 0.15) is 0 Å². The molecule has 1 aromatic carbocycles. The Hall–Kier alpha value is -4.19. The summed E-state index contributed by atoms with van der Waals surface area (Å²) in [5.74, 6) is 1.01. The maximum atomic E-state index is 13.4. The van der Waals surface area contributed by atoms with Crippen LogP contribution in [0.2, 0.25) is 0 Å². The van der Waals surface area contributed by atoms with Gasteiger partial charge in [-0.3, -0.25) is 15.2 Å². The Morgan fingerprint density at radius 1 is 1.23 bits per heavy atom. The topological polar surface area (TPSA) is 163 Å². The third-order valence-electron chi connectivity index (χ3n) is 5.77. The summed E-state index contributed by atoms with van der Waals surface area (Å²) in [6.07, 6.45) is 2.66. The lowest BCUT2D eigenvalue weighted by atomic mass is 10.1. The fourth-order valence-corrected chi connectivity index (χ4v) is 3.92. The number of hydrogen-bond donors (Lipinski definition) is 5. The molecule has 0 radical (unpaired) electrons. The molecule has 6 N–H and O–H groups in total. The van der Waals surface area contributed by atoms with Crippen LogP contribution in [-0.4, -0.2) is 63.3 Å². The molecule has 2 aromatic heterocycles. The van der Waals surface area contributed by atoms with Crippen LogP contribution in [0.25, 0.3) is 0 Å². The highest BCUT2D eigenvalue weighted by atomic mass is 16.5. The average Bonchev–Trinajstić information content (AvgIpc) is 3.49. The summed E-state index contributed by atoms with van der Waals surface area (Å²) in [5.41, 5.74) is 8.96. The number of aromatic amines is 1. The molecular weight excluding hydrogens is 450 g/mol. The standard InChI is InChI=1S/C23H29N9O3/c1-13-6-7-15(10-17(13)27-23(34)35-3)26-21-20(22(33)32-8-4-5-16(32)11-24)25-12-19(29-21)28-18-9-14(2)30-31-18/h6-7,9-10,12,16H,4-5,8,11,24H2,1-3H3,(H,27,34)(H3,26,28,29,30,31)/t16-/m0/s1. The van der Waals surface area contributed by atoms with E-state index in [0.717, 1.165) is 24.1 Å². The molecule has 1 aliphatic heterocycles. The van der Waals surface area contributed by atoms with Crippen LogP contribution in [0, 0.1) is 13.8 Å². The number of amides is 2. The number of nitrogens with two attached hydrogens (primary N) is 1. The van der Waals surface area contributed by atoms with Gasteiger partial charge < -0.3 is 26.0 Å². The van der Waals surface area contributed by atoms with E-state index in [-0.39, 0.29) is 23.5 Å². The number of methoxy groups -OCH3 is 1. The van der Waals surface area contributed by atoms with Crippen molar-refractivity contribution in [2.24, 2.45) is 5.73 Å². The van der Waals surface area contributed by atoms with Crippen molar-refractivity contribution in [1.29, 1.82) is 0 Å². The number of anilines is 5. The van der Waals surface area contributed by atoms with Crippen LogP contribution in [0.5, 0.6) is 0 Å². The lowest BCUT2D eigenvalue weighted by molar-refractivity contribution is 0.0736. The first-order valence-electron chi connectivity index (χ1n) is 11.3. The molecule has 0 bridgehead atoms. The Morgan fingerprint density at radius 2 is 2.06 bits per heavy atom. The van der Waals surface area contributed by atoms with E-state index in [1.807, 2.05) is 32.0 Å². The zero-order valence-electron chi connectivity index (χ0n) is 19.9. The average molecular weight is 480 g/mol. The van der Waals surface area contributed by atoms with Crippen molar-refractivity contribution in [3.8, 4) is 0 Å². The molecule has 35 heavy (non-hydrogen) atoms. The first kappa shape index (κ1) is 24.0. The predicted molar refractivity (Wildman–Crippen MR) is 132 cm³/mol. The van der Waals surface area contributed by atoms with E-state index in [1.165, 1.54) is 13.3 Å². The molecule has 0 spiro atoms. The van der Waals surface area contributed by atoms with Crippen LogP contribution in [-0.2, 0) is 4.74 Å². The second-order valence-electron chi connectivity index (χ2n) is 8.32. The maximum Gasteiger partial charge on any atom is 0.411 e. The van der Waals surface area contributed by atoms with Crippen molar-refractivity contribution in [2.75, 3.05) is 36.1 Å². The quantitative estimate of drug-likeness (QED) is 0.343. The molecule has 3 heterocycles. The van der Waals surface area contributed by atoms with Gasteiger partial charge in [-0.2, -0.15) is 5.10 Å². The molecule has 1 aliphatic rings. The van der Waals surface area contributed by atoms with Crippen LogP contribution < -0.4 is 21.7 Å². The number of carbonyl (C=O) groups excluding carboxylic acids is 2. The molecule has 0 unspecified atom stereocenters. The third kappa shape index (κ3) is 5.49. The van der Waals surface area contributed by atoms with Gasteiger partial charge in [-0.1, -0.05) is 6.07 Å². The van der Waals surface area contributed by atoms with Crippen molar-refractivity contribution in [3.63, 3.8) is 0 Å². The fourth-order valence-electron chi connectivity index (χ4n) is 3.92. The maximum absolute atomic E-state index is 13.4. The number of rotatable bonds is 7. The van der Waals surface area contributed by atoms with Crippen LogP contribution in [0.4, 0.5) is 33.6 Å². The summed E-state index contributed by atoms with van der Waals surface area (Å²) >= 11 is 0. The molecule has 0 saturated carbocycles. The van der Waals surface area contributed by atoms with Gasteiger partial charge in [-0.25, -0.2) is 14.8 Å². The number of aryl methyl sites for hydroxylation is 2. The molecule has 1 fully saturated rings. The minimum atomic E-state index is -0.580. The Bertz CT molecular complexity index is 1230. The first-order chi connectivity index (χ1) is 16.9. The van der Waals surface area contributed by atoms with Gasteiger partial charge in [0.25, 0.3) is 5.91 Å². The molecule has 12 nitrogen and oxygen atoms in total. The van der Waals surface area contributed by atoms with Crippen LogP contribution in [0.1, 0.15) is 34.6 Å². The normalized spacial score (nSPS) is 15.1. The lowest BCUT2D eigenvalue weighted by Gasteiger charge is -2.24. The van der Waals surface area contributed by atoms with Crippen LogP contribution in [0.3, 0.4) is 0 Å². The van der Waals surface area contributed by atoms with Crippen LogP contribution >= 0.6 is 0 Å². The zero-order chi connectivity index (χ0) is 24.9. The fraction of sp³-hybridized carbons (Fsp3) is 0.348. The lowest BCUT2D eigenvalue weighted by Crippen LogP contribution is -2.40. The largest absolute Gasteiger partial charge is 0.453 e. The van der Waals surface area contributed by atoms with Crippen molar-refractivity contribution in [1.82, 2.24) is 25.1 Å². The smallest absolute Gasteiger partial charge is 0.411 e. The SMILES string of the molecule is COC(=O)Nc1cc(Nc2nc(Nc3cc(C)[nH]n3)cnc2C(=O)N2CCC[C@H]2CN)ccc1C. The van der Waals surface area contributed by atoms with E-state index < -0.39 is 6.09 Å². The van der Waals surface area contributed by atoms with Crippen molar-refractivity contribution in [2.45, 2.75) is 32.7 Å². The van der Waals surface area contributed by atoms with Crippen molar-refractivity contribution >= 4 is 40.8 Å². The minimum Gasteiger partial charge on any atom is -0.453 e. The summed E-state index contributed by atoms with van der Waals surface area (Å²) in [4.78, 5) is 36.0. The van der Waals surface area contributed by atoms with Gasteiger partial charge >= 0.3 is 6.09 Å². The van der Waals surface area contributed by atoms with E-state index >= 15 is 0 Å². The number of hydrogen-bond acceptors (Lipinski definition) is 9. The van der Waals surface area contributed by atoms with Crippen molar-refractivity contribution < 1.29 is 14.3 Å². The molecule has 1 saturated heterocycles. The molecule has 2 amide bonds. The predicted octanol–water partition coefficient (Wildman–Crippen LogP) is 3.05. The number of nitrogens with zero attached hydrogens (tertiary/aromatic N) is 4. The molecule has 1 atom stereocenters. The monoisotopic (exact) mass is 479 g/mol. The second kappa shape index (κ2) is 10.4. The van der Waals surface area contributed by atoms with Gasteiger partial charge in [0.15, 0.2) is 23.1 Å². The number of carbonyl (C=O) groups is 2. The molecule has 12 heteroatoms. The number of aromatic nitrogens is 4. The summed E-state index contributed by atoms with van der Waals surface area (Å²) in [5, 5.41) is 16.0. The van der Waals surface area contributed by atoms with Crippen molar-refractivity contribution in [3.05, 3.63) is 47.4 Å². The Labute approximate surface area is 202 Å². The molecule has 0 aliphatic carbocycles. The van der Waals surface area contributed by atoms with E-state index in [9.17, 15) is 9.59 Å². The van der Waals surface area contributed by atoms with Gasteiger partial charge in [-0.15, -0.1) is 0 Å². The second-order valence-corrected chi connectivity index (χ2v) is 8.32. The van der Waals surface area contributed by atoms with E-state index in [2.05, 4.69) is 36.1 Å². The minimum absolute atomic E-state index is 0.0304. The number of H-pyrrole nitrogens is 1. The molecule has 4 rings (SSSR count). The Morgan fingerprint density at radius 3 is 2.77 bits per heavy atom. The molecule has 184 valence electrons. The van der Waals surface area contributed by atoms with Gasteiger partial charge in [0, 0.05) is 42.3 Å². The Kier molecular flexibility index (Phi) is 7.11. The van der Waals surface area contributed by atoms with Crippen LogP contribution in [0.15, 0.2) is 30.5 Å². The summed E-state index contributed by atoms with van der Waals surface area (Å²) in [6.45, 7) is 4.76. The van der Waals surface area contributed by atoms with Gasteiger partial charge in [0.05, 0.1) is 13.3 Å². The zero-order valence-corrected chi connectivity index (χ0v) is 19.9.